The first-order valence-electron chi connectivity index (χ1n) is 8.13. The Kier molecular flexibility index (Phi) is 3.02. The highest BCUT2D eigenvalue weighted by molar-refractivity contribution is 5.14. The van der Waals surface area contributed by atoms with Crippen LogP contribution in [0.2, 0.25) is 0 Å². The zero-order valence-electron chi connectivity index (χ0n) is 12.2. The molecule has 5 rings (SSSR count). The largest absolute Gasteiger partial charge is 0.328 e. The van der Waals surface area contributed by atoms with E-state index in [9.17, 15) is 0 Å². The van der Waals surface area contributed by atoms with E-state index in [0.717, 1.165) is 35.9 Å². The van der Waals surface area contributed by atoms with Crippen LogP contribution in [0.1, 0.15) is 56.5 Å². The van der Waals surface area contributed by atoms with E-state index in [0.29, 0.717) is 5.92 Å². The van der Waals surface area contributed by atoms with Crippen molar-refractivity contribution in [3.63, 3.8) is 0 Å². The third-order valence-corrected chi connectivity index (χ3v) is 5.69. The Bertz CT molecular complexity index is 471. The SMILES string of the molecule is CC(N)Cc1nncc(C2C3CC4CC(C3)CC2C4)n1. The summed E-state index contributed by atoms with van der Waals surface area (Å²) in [6, 6.07) is 0.102. The maximum Gasteiger partial charge on any atom is 0.152 e. The molecule has 108 valence electrons. The Hall–Kier alpha value is -1.03. The predicted octanol–water partition coefficient (Wildman–Crippen LogP) is 2.30. The highest BCUT2D eigenvalue weighted by Crippen LogP contribution is 2.59. The van der Waals surface area contributed by atoms with E-state index in [1.165, 1.54) is 37.8 Å². The summed E-state index contributed by atoms with van der Waals surface area (Å²) in [6.07, 6.45) is 9.83. The summed E-state index contributed by atoms with van der Waals surface area (Å²) < 4.78 is 0. The van der Waals surface area contributed by atoms with Crippen LogP contribution in [0.25, 0.3) is 0 Å². The molecule has 4 aliphatic rings. The van der Waals surface area contributed by atoms with Crippen molar-refractivity contribution in [2.45, 2.75) is 57.4 Å². The molecule has 0 saturated heterocycles. The van der Waals surface area contributed by atoms with Gasteiger partial charge in [0.2, 0.25) is 0 Å². The van der Waals surface area contributed by atoms with Gasteiger partial charge in [-0.3, -0.25) is 0 Å². The van der Waals surface area contributed by atoms with Crippen molar-refractivity contribution >= 4 is 0 Å². The molecule has 4 heteroatoms. The van der Waals surface area contributed by atoms with Crippen LogP contribution in [-0.2, 0) is 6.42 Å². The van der Waals surface area contributed by atoms with Crippen LogP contribution in [0.15, 0.2) is 6.20 Å². The Morgan fingerprint density at radius 3 is 2.40 bits per heavy atom. The second-order valence-electron chi connectivity index (χ2n) is 7.44. The first kappa shape index (κ1) is 12.7. The van der Waals surface area contributed by atoms with Crippen LogP contribution in [0, 0.1) is 23.7 Å². The normalized spacial score (nSPS) is 40.0. The minimum atomic E-state index is 0.102. The molecule has 2 N–H and O–H groups in total. The lowest BCUT2D eigenvalue weighted by atomic mass is 9.51. The summed E-state index contributed by atoms with van der Waals surface area (Å²) in [7, 11) is 0. The molecule has 1 aromatic heterocycles. The van der Waals surface area contributed by atoms with Gasteiger partial charge in [-0.2, -0.15) is 5.10 Å². The Labute approximate surface area is 120 Å². The molecule has 20 heavy (non-hydrogen) atoms. The van der Waals surface area contributed by atoms with Crippen molar-refractivity contribution < 1.29 is 0 Å². The van der Waals surface area contributed by atoms with Gasteiger partial charge in [-0.25, -0.2) is 4.98 Å². The van der Waals surface area contributed by atoms with E-state index < -0.39 is 0 Å². The monoisotopic (exact) mass is 272 g/mol. The van der Waals surface area contributed by atoms with E-state index in [4.69, 9.17) is 10.7 Å². The van der Waals surface area contributed by atoms with Crippen molar-refractivity contribution in [2.24, 2.45) is 29.4 Å². The molecule has 4 nitrogen and oxygen atoms in total. The fraction of sp³-hybridized carbons (Fsp3) is 0.812. The number of nitrogens with zero attached hydrogens (tertiary/aromatic N) is 3. The minimum Gasteiger partial charge on any atom is -0.328 e. The molecule has 1 aromatic rings. The highest BCUT2D eigenvalue weighted by Gasteiger charge is 2.49. The molecular formula is C16H24N4. The maximum atomic E-state index is 5.86. The average Bonchev–Trinajstić information content (AvgIpc) is 2.37. The molecular weight excluding hydrogens is 248 g/mol. The van der Waals surface area contributed by atoms with Crippen LogP contribution in [-0.4, -0.2) is 21.2 Å². The molecule has 1 atom stereocenters. The van der Waals surface area contributed by atoms with E-state index in [2.05, 4.69) is 10.2 Å². The van der Waals surface area contributed by atoms with E-state index in [1.54, 1.807) is 0 Å². The number of rotatable bonds is 3. The summed E-state index contributed by atoms with van der Waals surface area (Å²) >= 11 is 0. The van der Waals surface area contributed by atoms with Crippen molar-refractivity contribution in [3.8, 4) is 0 Å². The van der Waals surface area contributed by atoms with Gasteiger partial charge in [-0.05, 0) is 62.7 Å². The molecule has 0 amide bonds. The highest BCUT2D eigenvalue weighted by atomic mass is 15.1. The molecule has 0 spiro atoms. The molecule has 4 saturated carbocycles. The minimum absolute atomic E-state index is 0.102. The number of hydrogen-bond acceptors (Lipinski definition) is 4. The van der Waals surface area contributed by atoms with E-state index >= 15 is 0 Å². The number of hydrogen-bond donors (Lipinski definition) is 1. The van der Waals surface area contributed by atoms with Crippen LogP contribution in [0.3, 0.4) is 0 Å². The summed E-state index contributed by atoms with van der Waals surface area (Å²) in [6.45, 7) is 2.00. The van der Waals surface area contributed by atoms with Crippen molar-refractivity contribution in [1.82, 2.24) is 15.2 Å². The lowest BCUT2D eigenvalue weighted by molar-refractivity contribution is -0.00442. The molecule has 4 aliphatic carbocycles. The van der Waals surface area contributed by atoms with Gasteiger partial charge in [0, 0.05) is 18.4 Å². The molecule has 0 radical (unpaired) electrons. The first-order valence-corrected chi connectivity index (χ1v) is 8.13. The molecule has 0 aliphatic heterocycles. The molecule has 0 aromatic carbocycles. The van der Waals surface area contributed by atoms with Crippen LogP contribution >= 0.6 is 0 Å². The predicted molar refractivity (Wildman–Crippen MR) is 77.0 cm³/mol. The summed E-state index contributed by atoms with van der Waals surface area (Å²) in [5, 5.41) is 8.35. The van der Waals surface area contributed by atoms with Gasteiger partial charge in [0.25, 0.3) is 0 Å². The molecule has 4 bridgehead atoms. The molecule has 4 fully saturated rings. The third kappa shape index (κ3) is 2.14. The van der Waals surface area contributed by atoms with Crippen LogP contribution in [0.4, 0.5) is 0 Å². The van der Waals surface area contributed by atoms with Gasteiger partial charge in [0.1, 0.15) is 0 Å². The Morgan fingerprint density at radius 2 is 1.80 bits per heavy atom. The lowest BCUT2D eigenvalue weighted by Gasteiger charge is -2.54. The third-order valence-electron chi connectivity index (χ3n) is 5.69. The quantitative estimate of drug-likeness (QED) is 0.917. The van der Waals surface area contributed by atoms with E-state index in [1.807, 2.05) is 13.1 Å². The summed E-state index contributed by atoms with van der Waals surface area (Å²) in [5.41, 5.74) is 7.06. The average molecular weight is 272 g/mol. The number of aromatic nitrogens is 3. The second-order valence-corrected chi connectivity index (χ2v) is 7.44. The van der Waals surface area contributed by atoms with Gasteiger partial charge in [-0.15, -0.1) is 5.10 Å². The van der Waals surface area contributed by atoms with Gasteiger partial charge < -0.3 is 5.73 Å². The first-order chi connectivity index (χ1) is 9.69. The zero-order valence-corrected chi connectivity index (χ0v) is 12.2. The summed E-state index contributed by atoms with van der Waals surface area (Å²) in [5.74, 6) is 5.19. The second kappa shape index (κ2) is 4.76. The fourth-order valence-electron chi connectivity index (χ4n) is 5.30. The van der Waals surface area contributed by atoms with Crippen LogP contribution < -0.4 is 5.73 Å². The Balaban J connectivity index is 1.61. The van der Waals surface area contributed by atoms with Gasteiger partial charge in [0.15, 0.2) is 5.82 Å². The lowest BCUT2D eigenvalue weighted by Crippen LogP contribution is -2.44. The standard InChI is InChI=1S/C16H24N4/c1-9(17)2-15-19-14(8-18-20-15)16-12-4-10-3-11(6-12)7-13(16)5-10/h8-13,16H,2-7,17H2,1H3. The van der Waals surface area contributed by atoms with Gasteiger partial charge in [0.05, 0.1) is 11.9 Å². The fourth-order valence-corrected chi connectivity index (χ4v) is 5.30. The van der Waals surface area contributed by atoms with Crippen molar-refractivity contribution in [3.05, 3.63) is 17.7 Å². The van der Waals surface area contributed by atoms with E-state index in [-0.39, 0.29) is 6.04 Å². The Morgan fingerprint density at radius 1 is 1.15 bits per heavy atom. The summed E-state index contributed by atoms with van der Waals surface area (Å²) in [4.78, 5) is 4.81. The molecule has 1 unspecified atom stereocenters. The smallest absolute Gasteiger partial charge is 0.152 e. The topological polar surface area (TPSA) is 64.7 Å². The number of nitrogens with two attached hydrogens (primary N) is 1. The van der Waals surface area contributed by atoms with Crippen molar-refractivity contribution in [1.29, 1.82) is 0 Å². The van der Waals surface area contributed by atoms with Crippen LogP contribution in [0.5, 0.6) is 0 Å². The maximum absolute atomic E-state index is 5.86. The van der Waals surface area contributed by atoms with Gasteiger partial charge in [-0.1, -0.05) is 0 Å². The van der Waals surface area contributed by atoms with Gasteiger partial charge >= 0.3 is 0 Å². The molecule has 1 heterocycles. The van der Waals surface area contributed by atoms with Crippen molar-refractivity contribution in [2.75, 3.05) is 0 Å². The zero-order chi connectivity index (χ0) is 13.7.